The number of alkyl halides is 1. The molecule has 1 nitrogen and oxygen atoms in total. The number of likely N-dealkylation sites (N-methyl/N-ethyl adjacent to an activating group) is 1. The first-order valence-electron chi connectivity index (χ1n) is 5.54. The molecule has 1 heterocycles. The fourth-order valence-corrected chi connectivity index (χ4v) is 2.72. The largest absolute Gasteiger partial charge is 0.314 e. The molecule has 2 unspecified atom stereocenters. The quantitative estimate of drug-likeness (QED) is 0.850. The molecule has 0 saturated carbocycles. The second kappa shape index (κ2) is 4.93. The van der Waals surface area contributed by atoms with E-state index in [4.69, 9.17) is 0 Å². The van der Waals surface area contributed by atoms with Crippen molar-refractivity contribution in [1.29, 1.82) is 0 Å². The number of rotatable bonds is 4. The molecule has 0 aliphatic carbocycles. The number of benzene rings is 1. The monoisotopic (exact) mass is 237 g/mol. The average Bonchev–Trinajstić information content (AvgIpc) is 2.77. The molecule has 86 valence electrons. The molecule has 3 heteroatoms. The zero-order valence-electron chi connectivity index (χ0n) is 9.53. The second-order valence-corrected chi connectivity index (χ2v) is 4.87. The van der Waals surface area contributed by atoms with Gasteiger partial charge in [-0.3, -0.25) is 0 Å². The van der Waals surface area contributed by atoms with Crippen LogP contribution in [0.3, 0.4) is 0 Å². The molecule has 0 radical (unpaired) electrons. The Morgan fingerprint density at radius 3 is 2.88 bits per heavy atom. The van der Waals surface area contributed by atoms with Crippen molar-refractivity contribution in [2.45, 2.75) is 25.6 Å². The number of fused-ring (bicyclic) bond motifs is 1. The van der Waals surface area contributed by atoms with E-state index < -0.39 is 6.17 Å². The zero-order valence-corrected chi connectivity index (χ0v) is 10.4. The van der Waals surface area contributed by atoms with Gasteiger partial charge in [-0.15, -0.1) is 11.3 Å². The molecule has 2 rings (SSSR count). The van der Waals surface area contributed by atoms with Crippen molar-refractivity contribution < 1.29 is 4.39 Å². The van der Waals surface area contributed by atoms with Gasteiger partial charge < -0.3 is 5.32 Å². The second-order valence-electron chi connectivity index (χ2n) is 3.92. The molecule has 16 heavy (non-hydrogen) atoms. The van der Waals surface area contributed by atoms with Crippen LogP contribution >= 0.6 is 11.3 Å². The average molecular weight is 237 g/mol. The standard InChI is InChI=1S/C13H16FNS/c1-3-11(15-2)13(14)10-4-5-12-9(8-10)6-7-16-12/h4-8,11,13,15H,3H2,1-2H3. The molecule has 0 aliphatic rings. The fourth-order valence-electron chi connectivity index (χ4n) is 1.95. The maximum Gasteiger partial charge on any atom is 0.140 e. The third kappa shape index (κ3) is 2.11. The van der Waals surface area contributed by atoms with E-state index in [1.165, 1.54) is 4.70 Å². The van der Waals surface area contributed by atoms with Gasteiger partial charge in [0.05, 0.1) is 0 Å². The summed E-state index contributed by atoms with van der Waals surface area (Å²) in [7, 11) is 1.81. The van der Waals surface area contributed by atoms with Crippen LogP contribution in [0.25, 0.3) is 10.1 Å². The summed E-state index contributed by atoms with van der Waals surface area (Å²) in [6.07, 6.45) is -0.140. The first-order chi connectivity index (χ1) is 7.76. The van der Waals surface area contributed by atoms with Gasteiger partial charge in [0.2, 0.25) is 0 Å². The molecular weight excluding hydrogens is 221 g/mol. The van der Waals surface area contributed by atoms with Crippen LogP contribution < -0.4 is 5.32 Å². The Morgan fingerprint density at radius 1 is 1.38 bits per heavy atom. The SMILES string of the molecule is CCC(NC)C(F)c1ccc2sccc2c1. The highest BCUT2D eigenvalue weighted by molar-refractivity contribution is 7.17. The van der Waals surface area contributed by atoms with Crippen molar-refractivity contribution in [2.24, 2.45) is 0 Å². The smallest absolute Gasteiger partial charge is 0.140 e. The topological polar surface area (TPSA) is 12.0 Å². The first-order valence-corrected chi connectivity index (χ1v) is 6.42. The van der Waals surface area contributed by atoms with Crippen LogP contribution in [-0.2, 0) is 0 Å². The molecule has 2 atom stereocenters. The van der Waals surface area contributed by atoms with Crippen LogP contribution in [0.4, 0.5) is 4.39 Å². The van der Waals surface area contributed by atoms with E-state index >= 15 is 0 Å². The molecule has 0 aliphatic heterocycles. The van der Waals surface area contributed by atoms with Gasteiger partial charge in [0, 0.05) is 10.7 Å². The molecule has 0 spiro atoms. The van der Waals surface area contributed by atoms with Gasteiger partial charge in [0.1, 0.15) is 6.17 Å². The van der Waals surface area contributed by atoms with Crippen LogP contribution in [0.5, 0.6) is 0 Å². The van der Waals surface area contributed by atoms with E-state index in [9.17, 15) is 4.39 Å². The number of halogens is 1. The molecule has 0 fully saturated rings. The Bertz CT molecular complexity index is 462. The lowest BCUT2D eigenvalue weighted by Crippen LogP contribution is -2.29. The van der Waals surface area contributed by atoms with Crippen molar-refractivity contribution in [3.05, 3.63) is 35.2 Å². The van der Waals surface area contributed by atoms with Gasteiger partial charge in [-0.1, -0.05) is 13.0 Å². The highest BCUT2D eigenvalue weighted by atomic mass is 32.1. The van der Waals surface area contributed by atoms with Gasteiger partial charge in [-0.25, -0.2) is 4.39 Å². The van der Waals surface area contributed by atoms with E-state index in [0.29, 0.717) is 0 Å². The Kier molecular flexibility index (Phi) is 3.56. The minimum atomic E-state index is -0.931. The van der Waals surface area contributed by atoms with E-state index in [1.54, 1.807) is 11.3 Å². The van der Waals surface area contributed by atoms with Crippen LogP contribution in [0.2, 0.25) is 0 Å². The summed E-state index contributed by atoms with van der Waals surface area (Å²) < 4.78 is 15.4. The Balaban J connectivity index is 2.31. The number of hydrogen-bond acceptors (Lipinski definition) is 2. The summed E-state index contributed by atoms with van der Waals surface area (Å²) >= 11 is 1.69. The Morgan fingerprint density at radius 2 is 2.19 bits per heavy atom. The van der Waals surface area contributed by atoms with E-state index in [2.05, 4.69) is 5.32 Å². The maximum atomic E-state index is 14.2. The summed E-state index contributed by atoms with van der Waals surface area (Å²) in [6, 6.07) is 7.79. The van der Waals surface area contributed by atoms with Gasteiger partial charge in [0.25, 0.3) is 0 Å². The lowest BCUT2D eigenvalue weighted by molar-refractivity contribution is 0.257. The Hall–Kier alpha value is -0.930. The van der Waals surface area contributed by atoms with E-state index in [0.717, 1.165) is 17.4 Å². The van der Waals surface area contributed by atoms with E-state index in [-0.39, 0.29) is 6.04 Å². The third-order valence-corrected chi connectivity index (χ3v) is 3.86. The molecule has 2 aromatic rings. The molecule has 1 aromatic heterocycles. The van der Waals surface area contributed by atoms with Crippen molar-refractivity contribution >= 4 is 21.4 Å². The van der Waals surface area contributed by atoms with E-state index in [1.807, 2.05) is 43.6 Å². The van der Waals surface area contributed by atoms with Crippen molar-refractivity contribution in [3.63, 3.8) is 0 Å². The predicted octanol–water partition coefficient (Wildman–Crippen LogP) is 3.91. The van der Waals surface area contributed by atoms with Gasteiger partial charge in [-0.2, -0.15) is 0 Å². The highest BCUT2D eigenvalue weighted by Gasteiger charge is 2.19. The number of hydrogen-bond donors (Lipinski definition) is 1. The first kappa shape index (κ1) is 11.6. The highest BCUT2D eigenvalue weighted by Crippen LogP contribution is 2.28. The lowest BCUT2D eigenvalue weighted by atomic mass is 10.0. The number of thiophene rings is 1. The Labute approximate surface area is 99.3 Å². The van der Waals surface area contributed by atoms with Crippen LogP contribution in [0.1, 0.15) is 25.1 Å². The van der Waals surface area contributed by atoms with Gasteiger partial charge in [0.15, 0.2) is 0 Å². The molecule has 0 saturated heterocycles. The van der Waals surface area contributed by atoms with Gasteiger partial charge >= 0.3 is 0 Å². The summed E-state index contributed by atoms with van der Waals surface area (Å²) in [5, 5.41) is 6.19. The van der Waals surface area contributed by atoms with Crippen molar-refractivity contribution in [1.82, 2.24) is 5.32 Å². The summed E-state index contributed by atoms with van der Waals surface area (Å²) in [6.45, 7) is 2.00. The fraction of sp³-hybridized carbons (Fsp3) is 0.385. The normalized spacial score (nSPS) is 15.2. The lowest BCUT2D eigenvalue weighted by Gasteiger charge is -2.19. The molecule has 0 amide bonds. The van der Waals surface area contributed by atoms with Crippen molar-refractivity contribution in [3.8, 4) is 0 Å². The summed E-state index contributed by atoms with van der Waals surface area (Å²) in [5.41, 5.74) is 0.770. The summed E-state index contributed by atoms with van der Waals surface area (Å²) in [4.78, 5) is 0. The van der Waals surface area contributed by atoms with Gasteiger partial charge in [-0.05, 0) is 48.0 Å². The molecule has 0 bridgehead atoms. The molecule has 1 N–H and O–H groups in total. The minimum absolute atomic E-state index is 0.101. The molecular formula is C13H16FNS. The van der Waals surface area contributed by atoms with Crippen LogP contribution in [0.15, 0.2) is 29.6 Å². The van der Waals surface area contributed by atoms with Crippen molar-refractivity contribution in [2.75, 3.05) is 7.05 Å². The molecule has 1 aromatic carbocycles. The van der Waals surface area contributed by atoms with Crippen LogP contribution in [0, 0.1) is 0 Å². The van der Waals surface area contributed by atoms with Crippen LogP contribution in [-0.4, -0.2) is 13.1 Å². The minimum Gasteiger partial charge on any atom is -0.314 e. The predicted molar refractivity (Wildman–Crippen MR) is 68.8 cm³/mol. The number of nitrogens with one attached hydrogen (secondary N) is 1. The zero-order chi connectivity index (χ0) is 11.5. The summed E-state index contributed by atoms with van der Waals surface area (Å²) in [5.74, 6) is 0. The third-order valence-electron chi connectivity index (χ3n) is 2.96. The maximum absolute atomic E-state index is 14.2.